The third-order valence-corrected chi connectivity index (χ3v) is 2.48. The molecule has 0 unspecified atom stereocenters. The fourth-order valence-corrected chi connectivity index (χ4v) is 1.80. The van der Waals surface area contributed by atoms with Crippen molar-refractivity contribution >= 4 is 28.1 Å². The van der Waals surface area contributed by atoms with E-state index in [1.807, 2.05) is 30.3 Å². The predicted molar refractivity (Wildman–Crippen MR) is 57.9 cm³/mol. The van der Waals surface area contributed by atoms with E-state index in [1.165, 1.54) is 5.39 Å². The van der Waals surface area contributed by atoms with Crippen LogP contribution >= 0.6 is 11.6 Å². The van der Waals surface area contributed by atoms with Crippen LogP contribution in [0.1, 0.15) is 5.56 Å². The summed E-state index contributed by atoms with van der Waals surface area (Å²) in [5.41, 5.74) is 7.61. The Hall–Kier alpha value is -1.21. The Bertz CT molecular complexity index is 437. The molecule has 2 heteroatoms. The second kappa shape index (κ2) is 3.27. The summed E-state index contributed by atoms with van der Waals surface area (Å²) >= 11 is 5.83. The summed E-state index contributed by atoms with van der Waals surface area (Å²) in [7, 11) is 0. The van der Waals surface area contributed by atoms with E-state index in [0.717, 1.165) is 16.6 Å². The number of fused-ring (bicyclic) bond motifs is 1. The van der Waals surface area contributed by atoms with Gasteiger partial charge in [0.05, 0.1) is 5.88 Å². The van der Waals surface area contributed by atoms with Gasteiger partial charge in [0.2, 0.25) is 0 Å². The van der Waals surface area contributed by atoms with Crippen LogP contribution in [-0.4, -0.2) is 0 Å². The van der Waals surface area contributed by atoms with E-state index in [0.29, 0.717) is 5.88 Å². The summed E-state index contributed by atoms with van der Waals surface area (Å²) in [5, 5.41) is 2.34. The first-order chi connectivity index (χ1) is 6.33. The van der Waals surface area contributed by atoms with Gasteiger partial charge in [-0.3, -0.25) is 0 Å². The lowest BCUT2D eigenvalue weighted by Crippen LogP contribution is -1.92. The molecule has 0 aliphatic rings. The minimum absolute atomic E-state index is 0.465. The fourth-order valence-electron chi connectivity index (χ4n) is 1.50. The van der Waals surface area contributed by atoms with Crippen LogP contribution < -0.4 is 5.73 Å². The summed E-state index contributed by atoms with van der Waals surface area (Å²) in [6, 6.07) is 12.0. The Balaban J connectivity index is 2.84. The van der Waals surface area contributed by atoms with Crippen LogP contribution in [0.15, 0.2) is 36.4 Å². The van der Waals surface area contributed by atoms with Gasteiger partial charge in [0, 0.05) is 5.69 Å². The van der Waals surface area contributed by atoms with Crippen LogP contribution in [0.4, 0.5) is 5.69 Å². The molecule has 2 rings (SSSR count). The largest absolute Gasteiger partial charge is 0.398 e. The molecule has 2 aromatic rings. The molecule has 0 bridgehead atoms. The van der Waals surface area contributed by atoms with Gasteiger partial charge in [0.25, 0.3) is 0 Å². The van der Waals surface area contributed by atoms with E-state index >= 15 is 0 Å². The molecule has 0 radical (unpaired) electrons. The van der Waals surface area contributed by atoms with Gasteiger partial charge in [-0.05, 0) is 22.4 Å². The van der Waals surface area contributed by atoms with Crippen LogP contribution in [-0.2, 0) is 5.88 Å². The van der Waals surface area contributed by atoms with Gasteiger partial charge in [-0.2, -0.15) is 0 Å². The molecule has 13 heavy (non-hydrogen) atoms. The standard InChI is InChI=1S/C11H10ClN/c12-7-10-9-4-2-1-3-8(9)5-6-11(10)13/h1-6H,7,13H2. The van der Waals surface area contributed by atoms with E-state index in [9.17, 15) is 0 Å². The lowest BCUT2D eigenvalue weighted by atomic mass is 10.0. The number of nitrogen functional groups attached to an aromatic ring is 1. The molecule has 1 nitrogen and oxygen atoms in total. The topological polar surface area (TPSA) is 26.0 Å². The molecule has 0 heterocycles. The van der Waals surface area contributed by atoms with Gasteiger partial charge < -0.3 is 5.73 Å². The highest BCUT2D eigenvalue weighted by atomic mass is 35.5. The van der Waals surface area contributed by atoms with Crippen LogP contribution in [0, 0.1) is 0 Å². The van der Waals surface area contributed by atoms with Gasteiger partial charge in [-0.15, -0.1) is 11.6 Å². The van der Waals surface area contributed by atoms with E-state index in [4.69, 9.17) is 17.3 Å². The number of rotatable bonds is 1. The summed E-state index contributed by atoms with van der Waals surface area (Å²) in [6.07, 6.45) is 0. The molecular formula is C11H10ClN. The van der Waals surface area contributed by atoms with Crippen LogP contribution in [0.25, 0.3) is 10.8 Å². The van der Waals surface area contributed by atoms with E-state index in [-0.39, 0.29) is 0 Å². The second-order valence-electron chi connectivity index (χ2n) is 2.99. The van der Waals surface area contributed by atoms with Crippen molar-refractivity contribution in [1.82, 2.24) is 0 Å². The Morgan fingerprint density at radius 3 is 2.62 bits per heavy atom. The van der Waals surface area contributed by atoms with E-state index in [2.05, 4.69) is 6.07 Å². The molecule has 0 amide bonds. The number of benzene rings is 2. The maximum absolute atomic E-state index is 5.83. The Labute approximate surface area is 82.1 Å². The zero-order valence-electron chi connectivity index (χ0n) is 7.13. The summed E-state index contributed by atoms with van der Waals surface area (Å²) in [4.78, 5) is 0. The highest BCUT2D eigenvalue weighted by Gasteiger charge is 2.02. The van der Waals surface area contributed by atoms with Gasteiger partial charge in [0.1, 0.15) is 0 Å². The van der Waals surface area contributed by atoms with E-state index in [1.54, 1.807) is 0 Å². The maximum Gasteiger partial charge on any atom is 0.0500 e. The lowest BCUT2D eigenvalue weighted by Gasteiger charge is -2.06. The van der Waals surface area contributed by atoms with Gasteiger partial charge in [0.15, 0.2) is 0 Å². The van der Waals surface area contributed by atoms with Gasteiger partial charge >= 0.3 is 0 Å². The monoisotopic (exact) mass is 191 g/mol. The molecule has 0 saturated carbocycles. The number of halogens is 1. The molecule has 2 N–H and O–H groups in total. The Morgan fingerprint density at radius 2 is 1.85 bits per heavy atom. The third kappa shape index (κ3) is 1.36. The van der Waals surface area contributed by atoms with Crippen molar-refractivity contribution in [2.24, 2.45) is 0 Å². The number of anilines is 1. The van der Waals surface area contributed by atoms with Crippen molar-refractivity contribution in [1.29, 1.82) is 0 Å². The van der Waals surface area contributed by atoms with Crippen LogP contribution in [0.2, 0.25) is 0 Å². The van der Waals surface area contributed by atoms with Crippen molar-refractivity contribution in [2.75, 3.05) is 5.73 Å². The van der Waals surface area contributed by atoms with Crippen molar-refractivity contribution in [3.05, 3.63) is 42.0 Å². The van der Waals surface area contributed by atoms with Gasteiger partial charge in [-0.1, -0.05) is 30.3 Å². The minimum Gasteiger partial charge on any atom is -0.398 e. The fraction of sp³-hybridized carbons (Fsp3) is 0.0909. The first kappa shape index (κ1) is 8.39. The summed E-state index contributed by atoms with van der Waals surface area (Å²) in [5.74, 6) is 0.465. The maximum atomic E-state index is 5.83. The molecule has 66 valence electrons. The molecule has 0 atom stereocenters. The van der Waals surface area contributed by atoms with Crippen molar-refractivity contribution < 1.29 is 0 Å². The molecule has 0 aliphatic heterocycles. The molecule has 0 spiro atoms. The zero-order chi connectivity index (χ0) is 9.26. The smallest absolute Gasteiger partial charge is 0.0500 e. The minimum atomic E-state index is 0.465. The molecule has 0 saturated heterocycles. The zero-order valence-corrected chi connectivity index (χ0v) is 7.88. The first-order valence-electron chi connectivity index (χ1n) is 4.15. The highest BCUT2D eigenvalue weighted by Crippen LogP contribution is 2.25. The average molecular weight is 192 g/mol. The van der Waals surface area contributed by atoms with Crippen molar-refractivity contribution in [3.8, 4) is 0 Å². The van der Waals surface area contributed by atoms with Crippen LogP contribution in [0.5, 0.6) is 0 Å². The molecule has 0 aromatic heterocycles. The number of hydrogen-bond donors (Lipinski definition) is 1. The molecule has 0 aliphatic carbocycles. The SMILES string of the molecule is Nc1ccc2ccccc2c1CCl. The van der Waals surface area contributed by atoms with Gasteiger partial charge in [-0.25, -0.2) is 0 Å². The first-order valence-corrected chi connectivity index (χ1v) is 4.68. The lowest BCUT2D eigenvalue weighted by molar-refractivity contribution is 1.45. The van der Waals surface area contributed by atoms with Crippen molar-refractivity contribution in [3.63, 3.8) is 0 Å². The highest BCUT2D eigenvalue weighted by molar-refractivity contribution is 6.18. The van der Waals surface area contributed by atoms with Crippen molar-refractivity contribution in [2.45, 2.75) is 5.88 Å². The quantitative estimate of drug-likeness (QED) is 0.544. The normalized spacial score (nSPS) is 10.5. The molecule has 2 aromatic carbocycles. The Kier molecular flexibility index (Phi) is 2.11. The van der Waals surface area contributed by atoms with Crippen LogP contribution in [0.3, 0.4) is 0 Å². The number of hydrogen-bond acceptors (Lipinski definition) is 1. The predicted octanol–water partition coefficient (Wildman–Crippen LogP) is 3.16. The Morgan fingerprint density at radius 1 is 1.08 bits per heavy atom. The summed E-state index contributed by atoms with van der Waals surface area (Å²) in [6.45, 7) is 0. The second-order valence-corrected chi connectivity index (χ2v) is 3.26. The molecule has 0 fully saturated rings. The third-order valence-electron chi connectivity index (χ3n) is 2.21. The number of nitrogens with two attached hydrogens (primary N) is 1. The number of alkyl halides is 1. The summed E-state index contributed by atoms with van der Waals surface area (Å²) < 4.78 is 0. The average Bonchev–Trinajstić information content (AvgIpc) is 2.18. The van der Waals surface area contributed by atoms with E-state index < -0.39 is 0 Å². The molecular weight excluding hydrogens is 182 g/mol.